The van der Waals surface area contributed by atoms with Crippen LogP contribution in [0, 0.1) is 6.92 Å². The fourth-order valence-corrected chi connectivity index (χ4v) is 3.34. The van der Waals surface area contributed by atoms with Crippen molar-refractivity contribution in [2.45, 2.75) is 37.6 Å². The SMILES string of the molecule is Cc1ccccc1C(N)C1(c2ccccc2)CCC1. The predicted octanol–water partition coefficient (Wildman–Crippen LogP) is 4.12. The first-order valence-electron chi connectivity index (χ1n) is 7.11. The molecule has 2 aromatic carbocycles. The Morgan fingerprint density at radius 1 is 0.947 bits per heavy atom. The second-order valence-corrected chi connectivity index (χ2v) is 5.71. The lowest BCUT2D eigenvalue weighted by Gasteiger charge is -2.47. The number of aryl methyl sites for hydroxylation is 1. The van der Waals surface area contributed by atoms with Gasteiger partial charge in [0.05, 0.1) is 0 Å². The van der Waals surface area contributed by atoms with Gasteiger partial charge in [-0.1, -0.05) is 61.0 Å². The Bertz CT molecular complexity index is 555. The largest absolute Gasteiger partial charge is 0.323 e. The summed E-state index contributed by atoms with van der Waals surface area (Å²) in [5.74, 6) is 0. The fraction of sp³-hybridized carbons (Fsp3) is 0.333. The fourth-order valence-electron chi connectivity index (χ4n) is 3.34. The van der Waals surface area contributed by atoms with Gasteiger partial charge in [-0.15, -0.1) is 0 Å². The molecule has 98 valence electrons. The Hall–Kier alpha value is -1.60. The van der Waals surface area contributed by atoms with E-state index >= 15 is 0 Å². The Morgan fingerprint density at radius 3 is 2.16 bits per heavy atom. The zero-order valence-corrected chi connectivity index (χ0v) is 11.5. The van der Waals surface area contributed by atoms with Gasteiger partial charge >= 0.3 is 0 Å². The van der Waals surface area contributed by atoms with Gasteiger partial charge in [0, 0.05) is 11.5 Å². The van der Waals surface area contributed by atoms with Crippen LogP contribution in [0.4, 0.5) is 0 Å². The van der Waals surface area contributed by atoms with Crippen molar-refractivity contribution >= 4 is 0 Å². The lowest BCUT2D eigenvalue weighted by atomic mass is 9.59. The van der Waals surface area contributed by atoms with Crippen molar-refractivity contribution in [2.75, 3.05) is 0 Å². The van der Waals surface area contributed by atoms with E-state index in [0.29, 0.717) is 0 Å². The molecule has 0 spiro atoms. The van der Waals surface area contributed by atoms with Crippen LogP contribution in [0.1, 0.15) is 42.0 Å². The summed E-state index contributed by atoms with van der Waals surface area (Å²) in [6.45, 7) is 2.16. The van der Waals surface area contributed by atoms with Crippen molar-refractivity contribution in [3.63, 3.8) is 0 Å². The van der Waals surface area contributed by atoms with E-state index in [2.05, 4.69) is 61.5 Å². The first-order valence-corrected chi connectivity index (χ1v) is 7.11. The van der Waals surface area contributed by atoms with E-state index < -0.39 is 0 Å². The minimum atomic E-state index is 0.102. The maximum Gasteiger partial charge on any atom is 0.0395 e. The van der Waals surface area contributed by atoms with Crippen LogP contribution in [0.15, 0.2) is 54.6 Å². The summed E-state index contributed by atoms with van der Waals surface area (Å²) in [5, 5.41) is 0. The lowest BCUT2D eigenvalue weighted by molar-refractivity contribution is 0.196. The minimum Gasteiger partial charge on any atom is -0.323 e. The van der Waals surface area contributed by atoms with Crippen molar-refractivity contribution in [2.24, 2.45) is 5.73 Å². The molecule has 1 nitrogen and oxygen atoms in total. The van der Waals surface area contributed by atoms with E-state index in [1.54, 1.807) is 0 Å². The Labute approximate surface area is 115 Å². The zero-order valence-electron chi connectivity index (χ0n) is 11.5. The van der Waals surface area contributed by atoms with Crippen LogP contribution < -0.4 is 5.73 Å². The molecule has 1 aliphatic carbocycles. The van der Waals surface area contributed by atoms with Gasteiger partial charge in [0.15, 0.2) is 0 Å². The van der Waals surface area contributed by atoms with Crippen LogP contribution in [0.5, 0.6) is 0 Å². The molecule has 2 N–H and O–H groups in total. The second-order valence-electron chi connectivity index (χ2n) is 5.71. The summed E-state index contributed by atoms with van der Waals surface area (Å²) in [6.07, 6.45) is 3.69. The van der Waals surface area contributed by atoms with Gasteiger partial charge in [-0.2, -0.15) is 0 Å². The molecule has 3 rings (SSSR count). The lowest BCUT2D eigenvalue weighted by Crippen LogP contribution is -2.44. The molecule has 1 heteroatoms. The van der Waals surface area contributed by atoms with Crippen molar-refractivity contribution in [1.29, 1.82) is 0 Å². The molecule has 1 aliphatic rings. The highest BCUT2D eigenvalue weighted by molar-refractivity contribution is 5.38. The molecule has 1 unspecified atom stereocenters. The van der Waals surface area contributed by atoms with Crippen LogP contribution in [0.3, 0.4) is 0 Å². The molecular weight excluding hydrogens is 230 g/mol. The molecule has 0 aromatic heterocycles. The summed E-state index contributed by atoms with van der Waals surface area (Å²) < 4.78 is 0. The van der Waals surface area contributed by atoms with Gasteiger partial charge < -0.3 is 5.73 Å². The maximum atomic E-state index is 6.67. The average Bonchev–Trinajstić information content (AvgIpc) is 2.39. The molecule has 0 bridgehead atoms. The highest BCUT2D eigenvalue weighted by atomic mass is 14.7. The number of hydrogen-bond acceptors (Lipinski definition) is 1. The third-order valence-electron chi connectivity index (χ3n) is 4.71. The van der Waals surface area contributed by atoms with Gasteiger partial charge in [0.25, 0.3) is 0 Å². The molecule has 1 fully saturated rings. The van der Waals surface area contributed by atoms with E-state index in [9.17, 15) is 0 Å². The van der Waals surface area contributed by atoms with Crippen molar-refractivity contribution in [1.82, 2.24) is 0 Å². The van der Waals surface area contributed by atoms with Gasteiger partial charge in [0.2, 0.25) is 0 Å². The van der Waals surface area contributed by atoms with E-state index in [1.807, 2.05) is 0 Å². The molecule has 2 aromatic rings. The second kappa shape index (κ2) is 4.82. The summed E-state index contributed by atoms with van der Waals surface area (Å²) >= 11 is 0. The molecule has 0 amide bonds. The van der Waals surface area contributed by atoms with Crippen LogP contribution in [-0.4, -0.2) is 0 Å². The number of rotatable bonds is 3. The number of benzene rings is 2. The van der Waals surface area contributed by atoms with E-state index in [1.165, 1.54) is 36.0 Å². The monoisotopic (exact) mass is 251 g/mol. The Kier molecular flexibility index (Phi) is 3.16. The molecule has 1 saturated carbocycles. The molecule has 0 radical (unpaired) electrons. The summed E-state index contributed by atoms with van der Waals surface area (Å²) in [6, 6.07) is 19.4. The Balaban J connectivity index is 2.02. The quantitative estimate of drug-likeness (QED) is 0.872. The summed E-state index contributed by atoms with van der Waals surface area (Å²) in [5.41, 5.74) is 10.8. The molecule has 0 saturated heterocycles. The first kappa shape index (κ1) is 12.4. The maximum absolute atomic E-state index is 6.67. The van der Waals surface area contributed by atoms with E-state index in [-0.39, 0.29) is 11.5 Å². The third kappa shape index (κ3) is 1.98. The standard InChI is InChI=1S/C18H21N/c1-14-8-5-6-11-16(14)17(19)18(12-7-13-18)15-9-3-2-4-10-15/h2-6,8-11,17H,7,12-13,19H2,1H3. The van der Waals surface area contributed by atoms with Crippen LogP contribution in [-0.2, 0) is 5.41 Å². The summed E-state index contributed by atoms with van der Waals surface area (Å²) in [7, 11) is 0. The molecular formula is C18H21N. The van der Waals surface area contributed by atoms with E-state index in [0.717, 1.165) is 0 Å². The van der Waals surface area contributed by atoms with Gasteiger partial charge in [0.1, 0.15) is 0 Å². The van der Waals surface area contributed by atoms with Crippen LogP contribution in [0.25, 0.3) is 0 Å². The van der Waals surface area contributed by atoms with E-state index in [4.69, 9.17) is 5.73 Å². The molecule has 19 heavy (non-hydrogen) atoms. The van der Waals surface area contributed by atoms with Crippen molar-refractivity contribution < 1.29 is 0 Å². The van der Waals surface area contributed by atoms with Gasteiger partial charge in [-0.05, 0) is 36.5 Å². The normalized spacial score (nSPS) is 18.6. The molecule has 1 atom stereocenters. The van der Waals surface area contributed by atoms with Gasteiger partial charge in [-0.3, -0.25) is 0 Å². The Morgan fingerprint density at radius 2 is 1.58 bits per heavy atom. The van der Waals surface area contributed by atoms with Crippen molar-refractivity contribution in [3.8, 4) is 0 Å². The highest BCUT2D eigenvalue weighted by Crippen LogP contribution is 2.51. The zero-order chi connectivity index (χ0) is 13.3. The number of hydrogen-bond donors (Lipinski definition) is 1. The van der Waals surface area contributed by atoms with Crippen LogP contribution >= 0.6 is 0 Å². The third-order valence-corrected chi connectivity index (χ3v) is 4.71. The molecule has 0 aliphatic heterocycles. The first-order chi connectivity index (χ1) is 9.24. The highest BCUT2D eigenvalue weighted by Gasteiger charge is 2.44. The predicted molar refractivity (Wildman–Crippen MR) is 80.1 cm³/mol. The van der Waals surface area contributed by atoms with Crippen molar-refractivity contribution in [3.05, 3.63) is 71.3 Å². The van der Waals surface area contributed by atoms with Crippen LogP contribution in [0.2, 0.25) is 0 Å². The minimum absolute atomic E-state index is 0.102. The van der Waals surface area contributed by atoms with Gasteiger partial charge in [-0.25, -0.2) is 0 Å². The average molecular weight is 251 g/mol. The summed E-state index contributed by atoms with van der Waals surface area (Å²) in [4.78, 5) is 0. The topological polar surface area (TPSA) is 26.0 Å². The molecule has 0 heterocycles. The smallest absolute Gasteiger partial charge is 0.0395 e. The number of nitrogens with two attached hydrogens (primary N) is 1.